The van der Waals surface area contributed by atoms with Gasteiger partial charge in [-0.1, -0.05) is 25.1 Å². The second-order valence-corrected chi connectivity index (χ2v) is 5.41. The van der Waals surface area contributed by atoms with Gasteiger partial charge >= 0.3 is 5.97 Å². The van der Waals surface area contributed by atoms with E-state index in [0.29, 0.717) is 19.4 Å². The predicted molar refractivity (Wildman–Crippen MR) is 81.3 cm³/mol. The molecule has 1 aliphatic rings. The van der Waals surface area contributed by atoms with Crippen molar-refractivity contribution in [2.24, 2.45) is 0 Å². The zero-order chi connectivity index (χ0) is 15.4. The summed E-state index contributed by atoms with van der Waals surface area (Å²) in [5, 5.41) is 9.28. The van der Waals surface area contributed by atoms with Crippen LogP contribution in [-0.2, 0) is 9.59 Å². The van der Waals surface area contributed by atoms with Gasteiger partial charge in [0.2, 0.25) is 5.91 Å². The van der Waals surface area contributed by atoms with E-state index in [0.717, 1.165) is 12.1 Å². The molecule has 0 saturated carbocycles. The smallest absolute Gasteiger partial charge is 0.320 e. The molecule has 1 amide bonds. The van der Waals surface area contributed by atoms with E-state index in [2.05, 4.69) is 0 Å². The molecule has 2 atom stereocenters. The minimum atomic E-state index is -0.871. The van der Waals surface area contributed by atoms with Gasteiger partial charge in [0, 0.05) is 12.2 Å². The molecule has 21 heavy (non-hydrogen) atoms. The number of carbonyl (C=O) groups excluding carboxylic acids is 1. The first kappa shape index (κ1) is 15.5. The van der Waals surface area contributed by atoms with Crippen LogP contribution in [0.1, 0.15) is 26.2 Å². The lowest BCUT2D eigenvalue weighted by molar-refractivity contribution is -0.145. The number of nitrogens with zero attached hydrogens (tertiary/aromatic N) is 2. The zero-order valence-corrected chi connectivity index (χ0v) is 12.5. The predicted octanol–water partition coefficient (Wildman–Crippen LogP) is 1.98. The minimum Gasteiger partial charge on any atom is -0.480 e. The average Bonchev–Trinajstić information content (AvgIpc) is 2.48. The molecule has 1 aliphatic heterocycles. The Morgan fingerprint density at radius 3 is 2.67 bits per heavy atom. The minimum absolute atomic E-state index is 0.00495. The van der Waals surface area contributed by atoms with Crippen molar-refractivity contribution in [3.05, 3.63) is 30.3 Å². The number of benzene rings is 1. The zero-order valence-electron chi connectivity index (χ0n) is 12.5. The highest BCUT2D eigenvalue weighted by Gasteiger charge is 2.36. The van der Waals surface area contributed by atoms with Crippen LogP contribution >= 0.6 is 0 Å². The van der Waals surface area contributed by atoms with Crippen molar-refractivity contribution < 1.29 is 14.7 Å². The summed E-state index contributed by atoms with van der Waals surface area (Å²) < 4.78 is 0. The van der Waals surface area contributed by atoms with E-state index >= 15 is 0 Å². The second-order valence-electron chi connectivity index (χ2n) is 5.41. The first-order chi connectivity index (χ1) is 10.1. The number of anilines is 1. The van der Waals surface area contributed by atoms with Crippen molar-refractivity contribution in [3.63, 3.8) is 0 Å². The molecule has 1 aromatic carbocycles. The van der Waals surface area contributed by atoms with Gasteiger partial charge in [0.1, 0.15) is 6.04 Å². The molecule has 0 spiro atoms. The topological polar surface area (TPSA) is 60.9 Å². The summed E-state index contributed by atoms with van der Waals surface area (Å²) in [6.45, 7) is 2.52. The molecule has 0 aromatic heterocycles. The van der Waals surface area contributed by atoms with Gasteiger partial charge in [0.05, 0.1) is 6.04 Å². The van der Waals surface area contributed by atoms with Crippen LogP contribution < -0.4 is 4.90 Å². The van der Waals surface area contributed by atoms with Crippen molar-refractivity contribution in [2.75, 3.05) is 18.5 Å². The Labute approximate surface area is 125 Å². The molecule has 1 aromatic rings. The van der Waals surface area contributed by atoms with Gasteiger partial charge in [-0.15, -0.1) is 0 Å². The quantitative estimate of drug-likeness (QED) is 0.900. The van der Waals surface area contributed by atoms with Gasteiger partial charge in [0.25, 0.3) is 0 Å². The number of para-hydroxylation sites is 1. The van der Waals surface area contributed by atoms with E-state index in [1.54, 1.807) is 16.8 Å². The third kappa shape index (κ3) is 3.24. The third-order valence-electron chi connectivity index (χ3n) is 4.13. The lowest BCUT2D eigenvalue weighted by atomic mass is 10.00. The van der Waals surface area contributed by atoms with Crippen LogP contribution in [0.15, 0.2) is 30.3 Å². The summed E-state index contributed by atoms with van der Waals surface area (Å²) in [4.78, 5) is 27.5. The van der Waals surface area contributed by atoms with Crippen LogP contribution in [0.5, 0.6) is 0 Å². The highest BCUT2D eigenvalue weighted by atomic mass is 16.4. The van der Waals surface area contributed by atoms with Crippen LogP contribution in [0.25, 0.3) is 0 Å². The number of hydrogen-bond donors (Lipinski definition) is 1. The van der Waals surface area contributed by atoms with Gasteiger partial charge in [0.15, 0.2) is 0 Å². The van der Waals surface area contributed by atoms with Crippen molar-refractivity contribution in [2.45, 2.75) is 38.3 Å². The van der Waals surface area contributed by atoms with E-state index in [1.807, 2.05) is 37.3 Å². The Morgan fingerprint density at radius 2 is 2.10 bits per heavy atom. The van der Waals surface area contributed by atoms with E-state index < -0.39 is 12.0 Å². The van der Waals surface area contributed by atoms with Crippen LogP contribution in [0.3, 0.4) is 0 Å². The summed E-state index contributed by atoms with van der Waals surface area (Å²) in [6.07, 6.45) is 2.08. The maximum absolute atomic E-state index is 12.7. The maximum Gasteiger partial charge on any atom is 0.320 e. The molecule has 1 heterocycles. The number of hydrogen-bond acceptors (Lipinski definition) is 3. The molecular weight excluding hydrogens is 268 g/mol. The van der Waals surface area contributed by atoms with Crippen molar-refractivity contribution >= 4 is 17.6 Å². The van der Waals surface area contributed by atoms with Crippen LogP contribution in [0.2, 0.25) is 0 Å². The largest absolute Gasteiger partial charge is 0.480 e. The molecular formula is C16H22N2O3. The lowest BCUT2D eigenvalue weighted by Crippen LogP contribution is -2.55. The van der Waals surface area contributed by atoms with Gasteiger partial charge in [-0.2, -0.15) is 0 Å². The number of piperidine rings is 1. The van der Waals surface area contributed by atoms with Gasteiger partial charge in [-0.3, -0.25) is 14.5 Å². The van der Waals surface area contributed by atoms with E-state index in [9.17, 15) is 14.7 Å². The van der Waals surface area contributed by atoms with E-state index in [1.165, 1.54) is 0 Å². The molecule has 1 saturated heterocycles. The maximum atomic E-state index is 12.7. The number of carboxylic acids is 1. The van der Waals surface area contributed by atoms with E-state index in [4.69, 9.17) is 0 Å². The summed E-state index contributed by atoms with van der Waals surface area (Å²) in [5.41, 5.74) is 0.879. The molecule has 114 valence electrons. The van der Waals surface area contributed by atoms with E-state index in [-0.39, 0.29) is 11.9 Å². The molecule has 0 radical (unpaired) electrons. The normalized spacial score (nSPS) is 20.6. The number of amides is 1. The number of carboxylic acid groups (broad SMARTS) is 1. The fourth-order valence-corrected chi connectivity index (χ4v) is 2.95. The van der Waals surface area contributed by atoms with Gasteiger partial charge in [-0.05, 0) is 38.4 Å². The number of rotatable bonds is 5. The SMILES string of the molecule is CCC(C(=O)O)N(C)C1CCCN(c2ccccc2)C1=O. The van der Waals surface area contributed by atoms with Crippen molar-refractivity contribution in [3.8, 4) is 0 Å². The average molecular weight is 290 g/mol. The molecule has 2 rings (SSSR count). The molecule has 0 bridgehead atoms. The fourth-order valence-electron chi connectivity index (χ4n) is 2.95. The van der Waals surface area contributed by atoms with Crippen LogP contribution in [0, 0.1) is 0 Å². The fraction of sp³-hybridized carbons (Fsp3) is 0.500. The highest BCUT2D eigenvalue weighted by molar-refractivity contribution is 5.98. The number of aliphatic carboxylic acids is 1. The summed E-state index contributed by atoms with van der Waals surface area (Å²) >= 11 is 0. The van der Waals surface area contributed by atoms with Crippen molar-refractivity contribution in [1.29, 1.82) is 0 Å². The highest BCUT2D eigenvalue weighted by Crippen LogP contribution is 2.24. The molecule has 1 N–H and O–H groups in total. The summed E-state index contributed by atoms with van der Waals surface area (Å²) in [5.74, 6) is -0.876. The summed E-state index contributed by atoms with van der Waals surface area (Å²) in [6, 6.07) is 8.57. The van der Waals surface area contributed by atoms with Crippen LogP contribution in [0.4, 0.5) is 5.69 Å². The molecule has 5 nitrogen and oxygen atoms in total. The van der Waals surface area contributed by atoms with Crippen molar-refractivity contribution in [1.82, 2.24) is 4.90 Å². The van der Waals surface area contributed by atoms with Crippen LogP contribution in [-0.4, -0.2) is 47.6 Å². The Bertz CT molecular complexity index is 504. The first-order valence-corrected chi connectivity index (χ1v) is 7.37. The summed E-state index contributed by atoms with van der Waals surface area (Å²) in [7, 11) is 1.74. The Morgan fingerprint density at radius 1 is 1.43 bits per heavy atom. The molecule has 5 heteroatoms. The lowest BCUT2D eigenvalue weighted by Gasteiger charge is -2.38. The van der Waals surface area contributed by atoms with Gasteiger partial charge < -0.3 is 10.0 Å². The number of likely N-dealkylation sites (N-methyl/N-ethyl adjacent to an activating group) is 1. The Kier molecular flexibility index (Phi) is 4.96. The molecule has 2 unspecified atom stereocenters. The second kappa shape index (κ2) is 6.72. The third-order valence-corrected chi connectivity index (χ3v) is 4.13. The first-order valence-electron chi connectivity index (χ1n) is 7.37. The van der Waals surface area contributed by atoms with Gasteiger partial charge in [-0.25, -0.2) is 0 Å². The Hall–Kier alpha value is -1.88. The standard InChI is InChI=1S/C16H22N2O3/c1-3-13(16(20)21)17(2)14-10-7-11-18(15(14)19)12-8-5-4-6-9-12/h4-6,8-9,13-14H,3,7,10-11H2,1-2H3,(H,20,21). The Balaban J connectivity index is 2.18. The number of carbonyl (C=O) groups is 2. The monoisotopic (exact) mass is 290 g/mol. The molecule has 0 aliphatic carbocycles. The molecule has 1 fully saturated rings.